The molecule has 3 rings (SSSR count). The Labute approximate surface area is 180 Å². The van der Waals surface area contributed by atoms with E-state index >= 15 is 0 Å². The van der Waals surface area contributed by atoms with Crippen LogP contribution in [0, 0.1) is 17.5 Å². The van der Waals surface area contributed by atoms with Crippen LogP contribution >= 0.6 is 0 Å². The van der Waals surface area contributed by atoms with Gasteiger partial charge in [0.2, 0.25) is 0 Å². The van der Waals surface area contributed by atoms with Crippen molar-refractivity contribution in [2.75, 3.05) is 5.84 Å². The summed E-state index contributed by atoms with van der Waals surface area (Å²) in [7, 11) is 0. The number of carbonyl (C=O) groups excluding carboxylic acids is 2. The number of nitrogen functional groups attached to an aromatic ring is 1. The predicted molar refractivity (Wildman–Crippen MR) is 111 cm³/mol. The number of aromatic nitrogens is 1. The fraction of sp³-hybridized carbons (Fsp3) is 0.136. The lowest BCUT2D eigenvalue weighted by molar-refractivity contribution is 0.0943. The average molecular weight is 444 g/mol. The largest absolute Gasteiger partial charge is 0.364 e. The molecule has 0 aliphatic heterocycles. The van der Waals surface area contributed by atoms with E-state index in [0.717, 1.165) is 16.4 Å². The Morgan fingerprint density at radius 3 is 2.19 bits per heavy atom. The smallest absolute Gasteiger partial charge is 0.267 e. The molecule has 166 valence electrons. The van der Waals surface area contributed by atoms with E-state index in [-0.39, 0.29) is 17.7 Å². The lowest BCUT2D eigenvalue weighted by Gasteiger charge is -2.14. The van der Waals surface area contributed by atoms with E-state index in [0.29, 0.717) is 18.6 Å². The van der Waals surface area contributed by atoms with Crippen LogP contribution in [0.25, 0.3) is 0 Å². The summed E-state index contributed by atoms with van der Waals surface area (Å²) >= 11 is 0. The van der Waals surface area contributed by atoms with Crippen LogP contribution in [0.3, 0.4) is 0 Å². The Hall–Kier alpha value is -4.08. The summed E-state index contributed by atoms with van der Waals surface area (Å²) in [6.45, 7) is -0.641. The van der Waals surface area contributed by atoms with Crippen LogP contribution in [-0.4, -0.2) is 16.5 Å². The molecule has 1 heterocycles. The van der Waals surface area contributed by atoms with Crippen molar-refractivity contribution in [2.45, 2.75) is 19.4 Å². The third-order valence-electron chi connectivity index (χ3n) is 4.85. The number of rotatable bonds is 7. The van der Waals surface area contributed by atoms with Crippen molar-refractivity contribution in [3.63, 3.8) is 0 Å². The highest BCUT2D eigenvalue weighted by Crippen LogP contribution is 2.15. The van der Waals surface area contributed by atoms with Crippen LogP contribution in [0.15, 0.2) is 53.5 Å². The first-order chi connectivity index (χ1) is 15.2. The molecule has 2 aromatic carbocycles. The zero-order chi connectivity index (χ0) is 23.4. The monoisotopic (exact) mass is 444 g/mol. The highest BCUT2D eigenvalue weighted by molar-refractivity contribution is 5.97. The molecule has 0 aliphatic rings. The number of aryl methyl sites for hydroxylation is 1. The Kier molecular flexibility index (Phi) is 6.62. The normalized spacial score (nSPS) is 10.7. The number of nitrogens with zero attached hydrogens (tertiary/aromatic N) is 1. The van der Waals surface area contributed by atoms with Crippen molar-refractivity contribution in [1.29, 1.82) is 0 Å². The molecule has 7 nitrogen and oxygen atoms in total. The molecule has 0 unspecified atom stereocenters. The van der Waals surface area contributed by atoms with Gasteiger partial charge in [0, 0.05) is 36.0 Å². The van der Waals surface area contributed by atoms with Gasteiger partial charge in [0.05, 0.1) is 0 Å². The molecular formula is C22H19F3N4O3. The fourth-order valence-electron chi connectivity index (χ4n) is 3.28. The molecular weight excluding hydrogens is 425 g/mol. The molecule has 1 aromatic heterocycles. The molecule has 0 bridgehead atoms. The summed E-state index contributed by atoms with van der Waals surface area (Å²) in [5.74, 6) is 0.398. The van der Waals surface area contributed by atoms with E-state index in [4.69, 9.17) is 11.6 Å². The maximum absolute atomic E-state index is 13.8. The molecule has 5 N–H and O–H groups in total. The van der Waals surface area contributed by atoms with Gasteiger partial charge in [-0.15, -0.1) is 0 Å². The third kappa shape index (κ3) is 4.80. The summed E-state index contributed by atoms with van der Waals surface area (Å²) in [6.07, 6.45) is 1.36. The summed E-state index contributed by atoms with van der Waals surface area (Å²) in [6, 6.07) is 10.0. The van der Waals surface area contributed by atoms with Gasteiger partial charge in [0.1, 0.15) is 28.7 Å². The number of halogens is 3. The number of nitrogens with one attached hydrogen (secondary N) is 1. The molecule has 0 saturated heterocycles. The second kappa shape index (κ2) is 9.38. The van der Waals surface area contributed by atoms with Crippen LogP contribution in [-0.2, 0) is 19.4 Å². The van der Waals surface area contributed by atoms with Gasteiger partial charge in [-0.25, -0.2) is 13.2 Å². The number of hydrogen-bond acceptors (Lipinski definition) is 4. The average Bonchev–Trinajstić information content (AvgIpc) is 2.73. The molecule has 32 heavy (non-hydrogen) atoms. The summed E-state index contributed by atoms with van der Waals surface area (Å²) in [5, 5.41) is 2.21. The van der Waals surface area contributed by atoms with E-state index < -0.39 is 52.4 Å². The minimum Gasteiger partial charge on any atom is -0.364 e. The number of pyridine rings is 1. The van der Waals surface area contributed by atoms with Gasteiger partial charge in [-0.3, -0.25) is 19.1 Å². The number of amides is 2. The molecule has 10 heteroatoms. The molecule has 0 saturated carbocycles. The van der Waals surface area contributed by atoms with Crippen LogP contribution in [0.1, 0.15) is 37.5 Å². The number of benzene rings is 2. The minimum absolute atomic E-state index is 0.0596. The van der Waals surface area contributed by atoms with Gasteiger partial charge in [0.15, 0.2) is 5.43 Å². The van der Waals surface area contributed by atoms with Crippen molar-refractivity contribution in [3.8, 4) is 0 Å². The van der Waals surface area contributed by atoms with Crippen LogP contribution in [0.2, 0.25) is 0 Å². The maximum atomic E-state index is 13.8. The predicted octanol–water partition coefficient (Wildman–Crippen LogP) is 1.79. The Morgan fingerprint density at radius 2 is 1.59 bits per heavy atom. The van der Waals surface area contributed by atoms with E-state index in [1.54, 1.807) is 0 Å². The van der Waals surface area contributed by atoms with E-state index in [9.17, 15) is 27.6 Å². The summed E-state index contributed by atoms with van der Waals surface area (Å²) < 4.78 is 41.4. The molecule has 0 spiro atoms. The van der Waals surface area contributed by atoms with Gasteiger partial charge in [-0.2, -0.15) is 0 Å². The topological polar surface area (TPSA) is 120 Å². The lowest BCUT2D eigenvalue weighted by Crippen LogP contribution is -2.36. The Bertz CT molecular complexity index is 1220. The molecule has 3 aromatic rings. The van der Waals surface area contributed by atoms with E-state index in [1.807, 2.05) is 30.3 Å². The zero-order valence-electron chi connectivity index (χ0n) is 16.7. The van der Waals surface area contributed by atoms with E-state index in [1.165, 1.54) is 0 Å². The van der Waals surface area contributed by atoms with Crippen LogP contribution < -0.4 is 22.3 Å². The highest BCUT2D eigenvalue weighted by Gasteiger charge is 2.22. The second-order valence-corrected chi connectivity index (χ2v) is 6.99. The molecule has 2 amide bonds. The minimum atomic E-state index is -1.19. The quantitative estimate of drug-likeness (QED) is 0.481. The van der Waals surface area contributed by atoms with Gasteiger partial charge in [-0.05, 0) is 18.4 Å². The Balaban J connectivity index is 1.91. The zero-order valence-corrected chi connectivity index (χ0v) is 16.7. The highest BCUT2D eigenvalue weighted by atomic mass is 19.1. The first-order valence-electron chi connectivity index (χ1n) is 9.48. The van der Waals surface area contributed by atoms with Crippen molar-refractivity contribution in [3.05, 3.63) is 104 Å². The van der Waals surface area contributed by atoms with Crippen LogP contribution in [0.5, 0.6) is 0 Å². The first kappa shape index (κ1) is 22.6. The number of carbonyl (C=O) groups is 2. The summed E-state index contributed by atoms with van der Waals surface area (Å²) in [4.78, 5) is 37.4. The first-order valence-corrected chi connectivity index (χ1v) is 9.48. The van der Waals surface area contributed by atoms with Gasteiger partial charge < -0.3 is 16.9 Å². The SMILES string of the molecule is NC(=O)c1c(CCc2ccccc2)c(=O)c(C(=O)NCc2c(F)cc(F)cc2F)cn1N. The van der Waals surface area contributed by atoms with Crippen molar-refractivity contribution >= 4 is 11.8 Å². The third-order valence-corrected chi connectivity index (χ3v) is 4.85. The van der Waals surface area contributed by atoms with Gasteiger partial charge in [0.25, 0.3) is 11.8 Å². The molecule has 0 radical (unpaired) electrons. The summed E-state index contributed by atoms with van der Waals surface area (Å²) in [5.41, 5.74) is 4.13. The standard InChI is InChI=1S/C22H19F3N4O3/c23-13-8-17(24)15(18(25)9-13)10-28-22(32)16-11-29(27)19(21(26)31)14(20(16)30)7-6-12-4-2-1-3-5-12/h1-5,8-9,11H,6-7,10,27H2,(H2,26,31)(H,28,32). The number of primary amides is 1. The van der Waals surface area contributed by atoms with Crippen molar-refractivity contribution in [1.82, 2.24) is 9.99 Å². The van der Waals surface area contributed by atoms with E-state index in [2.05, 4.69) is 5.32 Å². The lowest BCUT2D eigenvalue weighted by atomic mass is 10.00. The van der Waals surface area contributed by atoms with Crippen molar-refractivity contribution in [2.24, 2.45) is 5.73 Å². The van der Waals surface area contributed by atoms with Gasteiger partial charge in [-0.1, -0.05) is 30.3 Å². The number of hydrogen-bond donors (Lipinski definition) is 3. The molecule has 0 fully saturated rings. The van der Waals surface area contributed by atoms with Crippen LogP contribution in [0.4, 0.5) is 13.2 Å². The molecule has 0 atom stereocenters. The fourth-order valence-corrected chi connectivity index (χ4v) is 3.28. The number of nitrogens with two attached hydrogens (primary N) is 2. The molecule has 0 aliphatic carbocycles. The Morgan fingerprint density at radius 1 is 0.969 bits per heavy atom. The van der Waals surface area contributed by atoms with Crippen molar-refractivity contribution < 1.29 is 22.8 Å². The van der Waals surface area contributed by atoms with Gasteiger partial charge >= 0.3 is 0 Å². The second-order valence-electron chi connectivity index (χ2n) is 6.99. The maximum Gasteiger partial charge on any atom is 0.267 e.